The van der Waals surface area contributed by atoms with Crippen molar-refractivity contribution in [3.63, 3.8) is 0 Å². The third-order valence-corrected chi connectivity index (χ3v) is 4.88. The van der Waals surface area contributed by atoms with Gasteiger partial charge in [-0.2, -0.15) is 0 Å². The summed E-state index contributed by atoms with van der Waals surface area (Å²) >= 11 is 4.95. The Bertz CT molecular complexity index is 595. The van der Waals surface area contributed by atoms with Gasteiger partial charge in [-0.05, 0) is 53.5 Å². The van der Waals surface area contributed by atoms with E-state index in [1.54, 1.807) is 24.3 Å². The van der Waals surface area contributed by atoms with Crippen LogP contribution in [0.1, 0.15) is 33.1 Å². The quantitative estimate of drug-likeness (QED) is 0.863. The highest BCUT2D eigenvalue weighted by Gasteiger charge is 2.09. The van der Waals surface area contributed by atoms with Gasteiger partial charge in [0.25, 0.3) is 5.91 Å². The number of hydrogen-bond acceptors (Lipinski definition) is 3. The Kier molecular flexibility index (Phi) is 5.34. The van der Waals surface area contributed by atoms with Crippen LogP contribution < -0.4 is 5.32 Å². The number of carbonyl (C=O) groups is 1. The van der Waals surface area contributed by atoms with Crippen molar-refractivity contribution < 1.29 is 9.90 Å². The average molecular weight is 354 g/mol. The van der Waals surface area contributed by atoms with Crippen molar-refractivity contribution in [2.75, 3.05) is 6.54 Å². The van der Waals surface area contributed by atoms with E-state index in [9.17, 15) is 9.90 Å². The van der Waals surface area contributed by atoms with Crippen LogP contribution in [0.3, 0.4) is 0 Å². The number of benzene rings is 1. The number of aliphatic hydroxyl groups excluding tert-OH is 1. The van der Waals surface area contributed by atoms with Gasteiger partial charge in [0.05, 0.1) is 11.7 Å². The van der Waals surface area contributed by atoms with E-state index in [0.29, 0.717) is 12.1 Å². The van der Waals surface area contributed by atoms with Gasteiger partial charge >= 0.3 is 0 Å². The number of thiophene rings is 1. The molecule has 0 bridgehead atoms. The Hall–Kier alpha value is -1.17. The third kappa shape index (κ3) is 3.91. The van der Waals surface area contributed by atoms with E-state index < -0.39 is 6.10 Å². The summed E-state index contributed by atoms with van der Waals surface area (Å²) in [4.78, 5) is 14.1. The van der Waals surface area contributed by atoms with Crippen LogP contribution in [0, 0.1) is 0 Å². The number of amides is 1. The second kappa shape index (κ2) is 7.02. The minimum absolute atomic E-state index is 0.0789. The topological polar surface area (TPSA) is 49.3 Å². The zero-order valence-electron chi connectivity index (χ0n) is 11.1. The van der Waals surface area contributed by atoms with E-state index in [0.717, 1.165) is 20.6 Å². The van der Waals surface area contributed by atoms with Crippen LogP contribution in [0.4, 0.5) is 0 Å². The highest BCUT2D eigenvalue weighted by molar-refractivity contribution is 9.10. The minimum Gasteiger partial charge on any atom is -0.388 e. The molecule has 1 heterocycles. The summed E-state index contributed by atoms with van der Waals surface area (Å²) in [6, 6.07) is 11.3. The molecule has 0 fully saturated rings. The fourth-order valence-electron chi connectivity index (χ4n) is 1.79. The molecule has 0 aliphatic heterocycles. The lowest BCUT2D eigenvalue weighted by atomic mass is 10.2. The molecule has 5 heteroatoms. The van der Waals surface area contributed by atoms with E-state index in [4.69, 9.17) is 0 Å². The van der Waals surface area contributed by atoms with Gasteiger partial charge in [-0.1, -0.05) is 12.1 Å². The first kappa shape index (κ1) is 15.2. The molecular formula is C15H16BrNO2S. The Balaban J connectivity index is 1.86. The molecule has 2 rings (SSSR count). The highest BCUT2D eigenvalue weighted by atomic mass is 79.9. The second-order valence-corrected chi connectivity index (χ2v) is 6.52. The van der Waals surface area contributed by atoms with Crippen LogP contribution in [0.2, 0.25) is 0 Å². The van der Waals surface area contributed by atoms with Crippen molar-refractivity contribution in [1.29, 1.82) is 0 Å². The molecule has 1 atom stereocenters. The minimum atomic E-state index is -0.427. The van der Waals surface area contributed by atoms with Gasteiger partial charge in [-0.3, -0.25) is 4.79 Å². The Morgan fingerprint density at radius 2 is 2.10 bits per heavy atom. The molecule has 106 valence electrons. The zero-order chi connectivity index (χ0) is 14.5. The van der Waals surface area contributed by atoms with E-state index in [1.165, 1.54) is 0 Å². The molecule has 2 aromatic rings. The van der Waals surface area contributed by atoms with Crippen LogP contribution in [0.5, 0.6) is 0 Å². The number of hydrogen-bond donors (Lipinski definition) is 2. The second-order valence-electron chi connectivity index (χ2n) is 4.47. The smallest absolute Gasteiger partial charge is 0.252 e. The van der Waals surface area contributed by atoms with E-state index in [-0.39, 0.29) is 5.91 Å². The molecule has 0 saturated heterocycles. The number of carbonyl (C=O) groups excluding carboxylic acids is 1. The maximum atomic E-state index is 12.0. The number of aliphatic hydroxyl groups is 1. The third-order valence-electron chi connectivity index (χ3n) is 2.87. The van der Waals surface area contributed by atoms with E-state index in [2.05, 4.69) is 21.2 Å². The van der Waals surface area contributed by atoms with Crippen LogP contribution >= 0.6 is 27.3 Å². The predicted octanol–water partition coefficient (Wildman–Crippen LogP) is 3.54. The van der Waals surface area contributed by atoms with Crippen molar-refractivity contribution in [2.45, 2.75) is 19.4 Å². The van der Waals surface area contributed by atoms with Gasteiger partial charge in [0, 0.05) is 20.8 Å². The molecule has 0 aliphatic carbocycles. The monoisotopic (exact) mass is 353 g/mol. The molecule has 1 aromatic heterocycles. The fourth-order valence-corrected chi connectivity index (χ4v) is 3.21. The predicted molar refractivity (Wildman–Crippen MR) is 85.1 cm³/mol. The van der Waals surface area contributed by atoms with Crippen LogP contribution in [0.15, 0.2) is 40.9 Å². The summed E-state index contributed by atoms with van der Waals surface area (Å²) < 4.78 is 0.796. The van der Waals surface area contributed by atoms with Crippen molar-refractivity contribution in [3.8, 4) is 0 Å². The molecule has 1 aromatic carbocycles. The molecule has 0 spiro atoms. The summed E-state index contributed by atoms with van der Waals surface area (Å²) in [7, 11) is 0. The number of rotatable bonds is 5. The Morgan fingerprint density at radius 1 is 1.35 bits per heavy atom. The lowest BCUT2D eigenvalue weighted by Crippen LogP contribution is -2.25. The summed E-state index contributed by atoms with van der Waals surface area (Å²) in [5, 5.41) is 12.4. The van der Waals surface area contributed by atoms with Crippen molar-refractivity contribution in [3.05, 3.63) is 56.2 Å². The van der Waals surface area contributed by atoms with Gasteiger partial charge in [0.1, 0.15) is 0 Å². The lowest BCUT2D eigenvalue weighted by Gasteiger charge is -2.06. The van der Waals surface area contributed by atoms with Crippen molar-refractivity contribution in [2.24, 2.45) is 0 Å². The maximum Gasteiger partial charge on any atom is 0.252 e. The van der Waals surface area contributed by atoms with Gasteiger partial charge in [-0.15, -0.1) is 11.3 Å². The van der Waals surface area contributed by atoms with Crippen molar-refractivity contribution in [1.82, 2.24) is 5.32 Å². The SMILES string of the molecule is C[C@@H](O)c1ccc(CCNC(=O)c2ccccc2Br)s1. The van der Waals surface area contributed by atoms with E-state index >= 15 is 0 Å². The Morgan fingerprint density at radius 3 is 2.75 bits per heavy atom. The molecular weight excluding hydrogens is 338 g/mol. The van der Waals surface area contributed by atoms with Gasteiger partial charge < -0.3 is 10.4 Å². The number of nitrogens with one attached hydrogen (secondary N) is 1. The first-order valence-electron chi connectivity index (χ1n) is 6.37. The lowest BCUT2D eigenvalue weighted by molar-refractivity contribution is 0.0953. The standard InChI is InChI=1S/C15H16BrNO2S/c1-10(18)14-7-6-11(20-14)8-9-17-15(19)12-4-2-3-5-13(12)16/h2-7,10,18H,8-9H2,1H3,(H,17,19)/t10-/m1/s1. The van der Waals surface area contributed by atoms with Crippen molar-refractivity contribution >= 4 is 33.2 Å². The number of halogens is 1. The molecule has 0 radical (unpaired) electrons. The zero-order valence-corrected chi connectivity index (χ0v) is 13.5. The van der Waals surface area contributed by atoms with Crippen LogP contribution in [0.25, 0.3) is 0 Å². The fraction of sp³-hybridized carbons (Fsp3) is 0.267. The van der Waals surface area contributed by atoms with Crippen LogP contribution in [-0.4, -0.2) is 17.6 Å². The van der Waals surface area contributed by atoms with Gasteiger partial charge in [-0.25, -0.2) is 0 Å². The molecule has 20 heavy (non-hydrogen) atoms. The summed E-state index contributed by atoms with van der Waals surface area (Å²) in [6.45, 7) is 2.34. The first-order chi connectivity index (χ1) is 9.58. The summed E-state index contributed by atoms with van der Waals surface area (Å²) in [5.74, 6) is -0.0789. The summed E-state index contributed by atoms with van der Waals surface area (Å²) in [5.41, 5.74) is 0.642. The van der Waals surface area contributed by atoms with Gasteiger partial charge in [0.15, 0.2) is 0 Å². The summed E-state index contributed by atoms with van der Waals surface area (Å²) in [6.07, 6.45) is 0.344. The normalized spacial score (nSPS) is 12.2. The molecule has 2 N–H and O–H groups in total. The largest absolute Gasteiger partial charge is 0.388 e. The van der Waals surface area contributed by atoms with E-state index in [1.807, 2.05) is 30.3 Å². The highest BCUT2D eigenvalue weighted by Crippen LogP contribution is 2.23. The Labute approximate surface area is 130 Å². The molecule has 0 saturated carbocycles. The average Bonchev–Trinajstić information content (AvgIpc) is 2.88. The first-order valence-corrected chi connectivity index (χ1v) is 7.98. The van der Waals surface area contributed by atoms with Gasteiger partial charge in [0.2, 0.25) is 0 Å². The van der Waals surface area contributed by atoms with Crippen LogP contribution in [-0.2, 0) is 6.42 Å². The molecule has 0 aliphatic rings. The molecule has 1 amide bonds. The molecule has 3 nitrogen and oxygen atoms in total. The maximum absolute atomic E-state index is 12.0. The molecule has 0 unspecified atom stereocenters.